The maximum atomic E-state index is 13.0. The number of benzene rings is 2. The van der Waals surface area contributed by atoms with Crippen LogP contribution >= 0.6 is 22.9 Å². The number of pyridine rings is 1. The fraction of sp³-hybridized carbons (Fsp3) is 0.136. The summed E-state index contributed by atoms with van der Waals surface area (Å²) in [5.41, 5.74) is 2.19. The van der Waals surface area contributed by atoms with Crippen molar-refractivity contribution in [3.8, 4) is 11.3 Å². The summed E-state index contributed by atoms with van der Waals surface area (Å²) in [6.45, 7) is 3.99. The minimum Gasteiger partial charge on any atom is -0.344 e. The Morgan fingerprint density at radius 1 is 1.17 bits per heavy atom. The molecule has 0 atom stereocenters. The van der Waals surface area contributed by atoms with Crippen molar-refractivity contribution in [1.29, 1.82) is 0 Å². The van der Waals surface area contributed by atoms with Gasteiger partial charge in [-0.1, -0.05) is 41.9 Å². The van der Waals surface area contributed by atoms with Gasteiger partial charge in [0.25, 0.3) is 5.91 Å². The quantitative estimate of drug-likeness (QED) is 0.464. The second-order valence-electron chi connectivity index (χ2n) is 6.89. The molecule has 7 heteroatoms. The Balaban J connectivity index is 1.71. The highest BCUT2D eigenvalue weighted by molar-refractivity contribution is 7.14. The van der Waals surface area contributed by atoms with E-state index in [1.807, 2.05) is 54.1 Å². The van der Waals surface area contributed by atoms with E-state index in [1.54, 1.807) is 24.4 Å². The first kappa shape index (κ1) is 19.4. The van der Waals surface area contributed by atoms with Gasteiger partial charge in [-0.05, 0) is 32.0 Å². The fourth-order valence-electron chi connectivity index (χ4n) is 3.15. The average Bonchev–Trinajstić information content (AvgIpc) is 3.17. The van der Waals surface area contributed by atoms with Gasteiger partial charge in [0.2, 0.25) is 5.43 Å². The largest absolute Gasteiger partial charge is 0.344 e. The SMILES string of the molecule is CC(C)n1cc(C(=O)Nc2nc(-c3ccccc3)cs2)c(=O)c2cc(Cl)ccc21. The van der Waals surface area contributed by atoms with Crippen LogP contribution in [0.5, 0.6) is 0 Å². The average molecular weight is 424 g/mol. The van der Waals surface area contributed by atoms with Crippen molar-refractivity contribution in [3.05, 3.63) is 80.9 Å². The fourth-order valence-corrected chi connectivity index (χ4v) is 4.04. The third-order valence-corrected chi connectivity index (χ3v) is 5.58. The van der Waals surface area contributed by atoms with Crippen LogP contribution in [0.15, 0.2) is 64.9 Å². The number of halogens is 1. The van der Waals surface area contributed by atoms with Crippen molar-refractivity contribution in [3.63, 3.8) is 0 Å². The van der Waals surface area contributed by atoms with Crippen molar-refractivity contribution in [2.75, 3.05) is 5.32 Å². The number of carbonyl (C=O) groups excluding carboxylic acids is 1. The zero-order chi connectivity index (χ0) is 20.5. The Bertz CT molecular complexity index is 1260. The molecule has 0 fully saturated rings. The summed E-state index contributed by atoms with van der Waals surface area (Å²) in [7, 11) is 0. The number of hydrogen-bond donors (Lipinski definition) is 1. The lowest BCUT2D eigenvalue weighted by Gasteiger charge is -2.16. The predicted octanol–water partition coefficient (Wildman–Crippen LogP) is 5.61. The Hall–Kier alpha value is -2.96. The van der Waals surface area contributed by atoms with E-state index in [0.717, 1.165) is 16.8 Å². The van der Waals surface area contributed by atoms with E-state index < -0.39 is 5.91 Å². The topological polar surface area (TPSA) is 64.0 Å². The number of hydrogen-bond acceptors (Lipinski definition) is 4. The zero-order valence-corrected chi connectivity index (χ0v) is 17.4. The molecule has 5 nitrogen and oxygen atoms in total. The number of thiazole rings is 1. The number of rotatable bonds is 4. The summed E-state index contributed by atoms with van der Waals surface area (Å²) < 4.78 is 1.90. The molecule has 0 saturated carbocycles. The molecule has 146 valence electrons. The highest BCUT2D eigenvalue weighted by Gasteiger charge is 2.18. The van der Waals surface area contributed by atoms with Crippen LogP contribution in [-0.2, 0) is 0 Å². The number of carbonyl (C=O) groups is 1. The van der Waals surface area contributed by atoms with Crippen molar-refractivity contribution < 1.29 is 4.79 Å². The number of anilines is 1. The van der Waals surface area contributed by atoms with Crippen LogP contribution in [-0.4, -0.2) is 15.5 Å². The number of nitrogens with one attached hydrogen (secondary N) is 1. The third kappa shape index (κ3) is 3.81. The number of fused-ring (bicyclic) bond motifs is 1. The number of amides is 1. The highest BCUT2D eigenvalue weighted by Crippen LogP contribution is 2.25. The Morgan fingerprint density at radius 3 is 2.66 bits per heavy atom. The van der Waals surface area contributed by atoms with Crippen molar-refractivity contribution in [2.45, 2.75) is 19.9 Å². The lowest BCUT2D eigenvalue weighted by atomic mass is 10.1. The second-order valence-corrected chi connectivity index (χ2v) is 8.19. The summed E-state index contributed by atoms with van der Waals surface area (Å²) in [5.74, 6) is -0.486. The van der Waals surface area contributed by atoms with Gasteiger partial charge in [0, 0.05) is 33.6 Å². The summed E-state index contributed by atoms with van der Waals surface area (Å²) in [5, 5.41) is 5.94. The van der Waals surface area contributed by atoms with Gasteiger partial charge in [-0.15, -0.1) is 11.3 Å². The lowest BCUT2D eigenvalue weighted by molar-refractivity contribution is 0.102. The smallest absolute Gasteiger partial charge is 0.262 e. The summed E-state index contributed by atoms with van der Waals surface area (Å²) in [6.07, 6.45) is 1.60. The summed E-state index contributed by atoms with van der Waals surface area (Å²) in [4.78, 5) is 30.3. The molecule has 0 aliphatic carbocycles. The van der Waals surface area contributed by atoms with E-state index in [-0.39, 0.29) is 17.0 Å². The molecule has 29 heavy (non-hydrogen) atoms. The summed E-state index contributed by atoms with van der Waals surface area (Å²) >= 11 is 7.40. The van der Waals surface area contributed by atoms with E-state index in [4.69, 9.17) is 11.6 Å². The van der Waals surface area contributed by atoms with Crippen molar-refractivity contribution in [1.82, 2.24) is 9.55 Å². The molecule has 4 aromatic rings. The molecule has 0 radical (unpaired) electrons. The van der Waals surface area contributed by atoms with E-state index in [1.165, 1.54) is 11.3 Å². The molecular formula is C22H18ClN3O2S. The molecule has 0 unspecified atom stereocenters. The van der Waals surface area contributed by atoms with Crippen LogP contribution in [0.2, 0.25) is 5.02 Å². The molecule has 2 aromatic carbocycles. The molecular weight excluding hydrogens is 406 g/mol. The lowest BCUT2D eigenvalue weighted by Crippen LogP contribution is -2.24. The number of aromatic nitrogens is 2. The predicted molar refractivity (Wildman–Crippen MR) is 119 cm³/mol. The standard InChI is InChI=1S/C22H18ClN3O2S/c1-13(2)26-11-17(20(27)16-10-15(23)8-9-19(16)26)21(28)25-22-24-18(12-29-22)14-6-4-3-5-7-14/h3-13H,1-2H3,(H,24,25,28). The van der Waals surface area contributed by atoms with Crippen molar-refractivity contribution in [2.24, 2.45) is 0 Å². The minimum absolute atomic E-state index is 0.0601. The van der Waals surface area contributed by atoms with E-state index in [0.29, 0.717) is 15.5 Å². The summed E-state index contributed by atoms with van der Waals surface area (Å²) in [6, 6.07) is 14.9. The Labute approximate surface area is 176 Å². The monoisotopic (exact) mass is 423 g/mol. The molecule has 1 amide bonds. The Kier molecular flexibility index (Phi) is 5.22. The second kappa shape index (κ2) is 7.81. The van der Waals surface area contributed by atoms with Crippen LogP contribution in [0.4, 0.5) is 5.13 Å². The molecule has 2 aromatic heterocycles. The molecule has 1 N–H and O–H groups in total. The van der Waals surface area contributed by atoms with Gasteiger partial charge in [-0.3, -0.25) is 14.9 Å². The van der Waals surface area contributed by atoms with E-state index in [9.17, 15) is 9.59 Å². The first-order chi connectivity index (χ1) is 13.9. The van der Waals surface area contributed by atoms with Gasteiger partial charge in [0.05, 0.1) is 11.2 Å². The van der Waals surface area contributed by atoms with Gasteiger partial charge >= 0.3 is 0 Å². The van der Waals surface area contributed by atoms with Crippen LogP contribution in [0, 0.1) is 0 Å². The first-order valence-electron chi connectivity index (χ1n) is 9.11. The van der Waals surface area contributed by atoms with Crippen LogP contribution in [0.25, 0.3) is 22.2 Å². The molecule has 0 aliphatic heterocycles. The molecule has 0 saturated heterocycles. The molecule has 0 bridgehead atoms. The first-order valence-corrected chi connectivity index (χ1v) is 10.4. The van der Waals surface area contributed by atoms with E-state index >= 15 is 0 Å². The number of nitrogens with zero attached hydrogens (tertiary/aromatic N) is 2. The van der Waals surface area contributed by atoms with Gasteiger partial charge in [0.1, 0.15) is 5.56 Å². The molecule has 4 rings (SSSR count). The highest BCUT2D eigenvalue weighted by atomic mass is 35.5. The van der Waals surface area contributed by atoms with Crippen LogP contribution in [0.3, 0.4) is 0 Å². The molecule has 0 aliphatic rings. The maximum Gasteiger partial charge on any atom is 0.262 e. The van der Waals surface area contributed by atoms with Gasteiger partial charge in [-0.25, -0.2) is 4.98 Å². The third-order valence-electron chi connectivity index (χ3n) is 4.59. The molecule has 0 spiro atoms. The Morgan fingerprint density at radius 2 is 1.93 bits per heavy atom. The minimum atomic E-state index is -0.486. The van der Waals surface area contributed by atoms with Crippen molar-refractivity contribution >= 4 is 44.9 Å². The van der Waals surface area contributed by atoms with E-state index in [2.05, 4.69) is 10.3 Å². The van der Waals surface area contributed by atoms with Crippen LogP contribution in [0.1, 0.15) is 30.2 Å². The van der Waals surface area contributed by atoms with Gasteiger partial charge in [0.15, 0.2) is 5.13 Å². The molecule has 2 heterocycles. The van der Waals surface area contributed by atoms with Gasteiger partial charge in [-0.2, -0.15) is 0 Å². The normalized spacial score (nSPS) is 11.2. The maximum absolute atomic E-state index is 13.0. The van der Waals surface area contributed by atoms with Crippen LogP contribution < -0.4 is 10.7 Å². The zero-order valence-electron chi connectivity index (χ0n) is 15.8. The van der Waals surface area contributed by atoms with Gasteiger partial charge < -0.3 is 4.57 Å².